The second kappa shape index (κ2) is 8.56. The van der Waals surface area contributed by atoms with Crippen LogP contribution in [-0.4, -0.2) is 18.7 Å². The predicted octanol–water partition coefficient (Wildman–Crippen LogP) is 4.55. The number of hydrazone groups is 1. The number of hydrogen-bond donors (Lipinski definition) is 1. The normalized spacial score (nSPS) is 10.7. The SMILES string of the molecule is CCCOc1ccccc1C(=O)NN=Cc1ccc(Cl)cc1Cl. The van der Waals surface area contributed by atoms with Crippen molar-refractivity contribution in [2.75, 3.05) is 6.61 Å². The van der Waals surface area contributed by atoms with Crippen molar-refractivity contribution >= 4 is 35.3 Å². The Morgan fingerprint density at radius 2 is 2.04 bits per heavy atom. The molecule has 0 radical (unpaired) electrons. The lowest BCUT2D eigenvalue weighted by Crippen LogP contribution is -2.18. The van der Waals surface area contributed by atoms with Gasteiger partial charge in [0.15, 0.2) is 0 Å². The monoisotopic (exact) mass is 350 g/mol. The Labute approximate surface area is 145 Å². The molecule has 0 aromatic heterocycles. The molecule has 0 spiro atoms. The van der Waals surface area contributed by atoms with E-state index in [1.807, 2.05) is 13.0 Å². The van der Waals surface area contributed by atoms with Crippen LogP contribution in [0, 0.1) is 0 Å². The van der Waals surface area contributed by atoms with Gasteiger partial charge in [0, 0.05) is 10.6 Å². The fourth-order valence-corrected chi connectivity index (χ4v) is 2.28. The van der Waals surface area contributed by atoms with E-state index in [1.165, 1.54) is 6.21 Å². The third-order valence-corrected chi connectivity index (χ3v) is 3.49. The lowest BCUT2D eigenvalue weighted by atomic mass is 10.2. The standard InChI is InChI=1S/C17H16Cl2N2O2/c1-2-9-23-16-6-4-3-5-14(16)17(22)21-20-11-12-7-8-13(18)10-15(12)19/h3-8,10-11H,2,9H2,1H3,(H,21,22). The van der Waals surface area contributed by atoms with Gasteiger partial charge in [0.25, 0.3) is 5.91 Å². The predicted molar refractivity (Wildman–Crippen MR) is 93.8 cm³/mol. The van der Waals surface area contributed by atoms with Crippen LogP contribution in [0.1, 0.15) is 29.3 Å². The Bertz CT molecular complexity index is 717. The highest BCUT2D eigenvalue weighted by atomic mass is 35.5. The zero-order valence-corrected chi connectivity index (χ0v) is 14.1. The summed E-state index contributed by atoms with van der Waals surface area (Å²) in [7, 11) is 0. The maximum Gasteiger partial charge on any atom is 0.275 e. The molecule has 0 atom stereocenters. The molecule has 6 heteroatoms. The number of hydrogen-bond acceptors (Lipinski definition) is 3. The molecule has 120 valence electrons. The first-order valence-electron chi connectivity index (χ1n) is 7.12. The first-order valence-corrected chi connectivity index (χ1v) is 7.87. The first-order chi connectivity index (χ1) is 11.1. The molecule has 0 unspecified atom stereocenters. The maximum absolute atomic E-state index is 12.2. The van der Waals surface area contributed by atoms with Gasteiger partial charge >= 0.3 is 0 Å². The lowest BCUT2D eigenvalue weighted by molar-refractivity contribution is 0.0951. The van der Waals surface area contributed by atoms with Crippen molar-refractivity contribution in [3.05, 3.63) is 63.6 Å². The van der Waals surface area contributed by atoms with Crippen LogP contribution in [0.5, 0.6) is 5.75 Å². The van der Waals surface area contributed by atoms with E-state index in [1.54, 1.807) is 36.4 Å². The van der Waals surface area contributed by atoms with Crippen molar-refractivity contribution in [2.24, 2.45) is 5.10 Å². The maximum atomic E-state index is 12.2. The van der Waals surface area contributed by atoms with Gasteiger partial charge in [-0.05, 0) is 30.7 Å². The van der Waals surface area contributed by atoms with Crippen LogP contribution in [0.15, 0.2) is 47.6 Å². The first kappa shape index (κ1) is 17.3. The van der Waals surface area contributed by atoms with Crippen molar-refractivity contribution in [3.8, 4) is 5.75 Å². The molecule has 0 saturated carbocycles. The van der Waals surface area contributed by atoms with E-state index in [4.69, 9.17) is 27.9 Å². The quantitative estimate of drug-likeness (QED) is 0.613. The molecule has 2 aromatic rings. The third-order valence-electron chi connectivity index (χ3n) is 2.93. The highest BCUT2D eigenvalue weighted by molar-refractivity contribution is 6.36. The molecule has 0 bridgehead atoms. The average Bonchev–Trinajstić information content (AvgIpc) is 2.55. The summed E-state index contributed by atoms with van der Waals surface area (Å²) >= 11 is 11.9. The van der Waals surface area contributed by atoms with Crippen LogP contribution in [0.2, 0.25) is 10.0 Å². The van der Waals surface area contributed by atoms with Crippen LogP contribution >= 0.6 is 23.2 Å². The Morgan fingerprint density at radius 3 is 2.78 bits per heavy atom. The fourth-order valence-electron chi connectivity index (χ4n) is 1.82. The summed E-state index contributed by atoms with van der Waals surface area (Å²) in [6, 6.07) is 12.1. The molecule has 0 saturated heterocycles. The number of benzene rings is 2. The summed E-state index contributed by atoms with van der Waals surface area (Å²) in [5.74, 6) is 0.185. The topological polar surface area (TPSA) is 50.7 Å². The Morgan fingerprint density at radius 1 is 1.26 bits per heavy atom. The van der Waals surface area contributed by atoms with E-state index in [2.05, 4.69) is 10.5 Å². The van der Waals surface area contributed by atoms with Crippen LogP contribution in [0.3, 0.4) is 0 Å². The smallest absolute Gasteiger partial charge is 0.275 e. The number of nitrogens with zero attached hydrogens (tertiary/aromatic N) is 1. The van der Waals surface area contributed by atoms with E-state index < -0.39 is 0 Å². The summed E-state index contributed by atoms with van der Waals surface area (Å²) in [5.41, 5.74) is 3.55. The van der Waals surface area contributed by atoms with Gasteiger partial charge in [0.1, 0.15) is 5.75 Å². The average molecular weight is 351 g/mol. The van der Waals surface area contributed by atoms with Crippen molar-refractivity contribution in [1.82, 2.24) is 5.43 Å². The molecule has 0 aliphatic heterocycles. The van der Waals surface area contributed by atoms with E-state index in [-0.39, 0.29) is 5.91 Å². The van der Waals surface area contributed by atoms with Gasteiger partial charge in [0.2, 0.25) is 0 Å². The number of nitrogens with one attached hydrogen (secondary N) is 1. The number of ether oxygens (including phenoxy) is 1. The molecule has 1 N–H and O–H groups in total. The minimum Gasteiger partial charge on any atom is -0.493 e. The number of carbonyl (C=O) groups excluding carboxylic acids is 1. The van der Waals surface area contributed by atoms with Gasteiger partial charge in [-0.3, -0.25) is 4.79 Å². The summed E-state index contributed by atoms with van der Waals surface area (Å²) < 4.78 is 5.56. The Hall–Kier alpha value is -2.04. The van der Waals surface area contributed by atoms with Crippen molar-refractivity contribution in [2.45, 2.75) is 13.3 Å². The molecule has 2 aromatic carbocycles. The largest absolute Gasteiger partial charge is 0.493 e. The molecular weight excluding hydrogens is 335 g/mol. The van der Waals surface area contributed by atoms with E-state index in [9.17, 15) is 4.79 Å². The van der Waals surface area contributed by atoms with Gasteiger partial charge in [-0.2, -0.15) is 5.10 Å². The minimum absolute atomic E-state index is 0.349. The molecule has 4 nitrogen and oxygen atoms in total. The molecule has 0 aliphatic rings. The fraction of sp³-hybridized carbons (Fsp3) is 0.176. The molecule has 1 amide bonds. The van der Waals surface area contributed by atoms with Crippen molar-refractivity contribution in [1.29, 1.82) is 0 Å². The molecule has 2 rings (SSSR count). The molecule has 0 aliphatic carbocycles. The van der Waals surface area contributed by atoms with Crippen molar-refractivity contribution < 1.29 is 9.53 Å². The lowest BCUT2D eigenvalue weighted by Gasteiger charge is -2.09. The number of halogens is 2. The van der Waals surface area contributed by atoms with E-state index in [0.29, 0.717) is 33.5 Å². The van der Waals surface area contributed by atoms with Crippen LogP contribution in [0.4, 0.5) is 0 Å². The van der Waals surface area contributed by atoms with Crippen LogP contribution in [0.25, 0.3) is 0 Å². The summed E-state index contributed by atoms with van der Waals surface area (Å²) in [5, 5.41) is 4.92. The third kappa shape index (κ3) is 4.98. The number of rotatable bonds is 6. The summed E-state index contributed by atoms with van der Waals surface area (Å²) in [6.45, 7) is 2.55. The van der Waals surface area contributed by atoms with Crippen LogP contribution < -0.4 is 10.2 Å². The van der Waals surface area contributed by atoms with Crippen molar-refractivity contribution in [3.63, 3.8) is 0 Å². The number of para-hydroxylation sites is 1. The second-order valence-electron chi connectivity index (χ2n) is 4.71. The van der Waals surface area contributed by atoms with Gasteiger partial charge in [-0.1, -0.05) is 48.3 Å². The Kier molecular flexibility index (Phi) is 6.44. The minimum atomic E-state index is -0.349. The second-order valence-corrected chi connectivity index (χ2v) is 5.55. The molecular formula is C17H16Cl2N2O2. The molecule has 0 heterocycles. The van der Waals surface area contributed by atoms with Gasteiger partial charge < -0.3 is 4.74 Å². The Balaban J connectivity index is 2.06. The molecule has 0 fully saturated rings. The zero-order valence-electron chi connectivity index (χ0n) is 12.6. The van der Waals surface area contributed by atoms with Crippen LogP contribution in [-0.2, 0) is 0 Å². The zero-order chi connectivity index (χ0) is 16.7. The van der Waals surface area contributed by atoms with Gasteiger partial charge in [-0.15, -0.1) is 0 Å². The highest BCUT2D eigenvalue weighted by Crippen LogP contribution is 2.20. The number of carbonyl (C=O) groups is 1. The van der Waals surface area contributed by atoms with Gasteiger partial charge in [-0.25, -0.2) is 5.43 Å². The summed E-state index contributed by atoms with van der Waals surface area (Å²) in [6.07, 6.45) is 2.33. The molecule has 23 heavy (non-hydrogen) atoms. The highest BCUT2D eigenvalue weighted by Gasteiger charge is 2.11. The van der Waals surface area contributed by atoms with Gasteiger partial charge in [0.05, 0.1) is 23.4 Å². The number of amides is 1. The van der Waals surface area contributed by atoms with E-state index in [0.717, 1.165) is 6.42 Å². The van der Waals surface area contributed by atoms with E-state index >= 15 is 0 Å². The summed E-state index contributed by atoms with van der Waals surface area (Å²) in [4.78, 5) is 12.2.